The SMILES string of the molecule is NC(=O)C1CCCN(C(=O)[C@@H]2C[C@@H]2C(=O)O)C1. The maximum atomic E-state index is 12.0. The maximum Gasteiger partial charge on any atom is 0.307 e. The van der Waals surface area contributed by atoms with Crippen LogP contribution in [0.15, 0.2) is 0 Å². The number of nitrogens with two attached hydrogens (primary N) is 1. The first kappa shape index (κ1) is 11.9. The summed E-state index contributed by atoms with van der Waals surface area (Å²) in [5, 5.41) is 8.77. The maximum absolute atomic E-state index is 12.0. The molecular weight excluding hydrogens is 224 g/mol. The Labute approximate surface area is 98.8 Å². The molecule has 94 valence electrons. The summed E-state index contributed by atoms with van der Waals surface area (Å²) >= 11 is 0. The molecule has 0 aromatic heterocycles. The third kappa shape index (κ3) is 2.40. The van der Waals surface area contributed by atoms with Gasteiger partial charge >= 0.3 is 5.97 Å². The van der Waals surface area contributed by atoms with E-state index in [-0.39, 0.29) is 23.7 Å². The number of amides is 2. The van der Waals surface area contributed by atoms with Crippen LogP contribution in [0.1, 0.15) is 19.3 Å². The van der Waals surface area contributed by atoms with E-state index in [9.17, 15) is 14.4 Å². The van der Waals surface area contributed by atoms with Crippen LogP contribution in [0.5, 0.6) is 0 Å². The minimum atomic E-state index is -0.910. The van der Waals surface area contributed by atoms with E-state index in [4.69, 9.17) is 10.8 Å². The highest BCUT2D eigenvalue weighted by Crippen LogP contribution is 2.40. The fraction of sp³-hybridized carbons (Fsp3) is 0.727. The Kier molecular flexibility index (Phi) is 3.04. The predicted molar refractivity (Wildman–Crippen MR) is 57.7 cm³/mol. The van der Waals surface area contributed by atoms with Gasteiger partial charge in [0, 0.05) is 13.1 Å². The number of piperidine rings is 1. The normalized spacial score (nSPS) is 32.0. The topological polar surface area (TPSA) is 101 Å². The number of carbonyl (C=O) groups is 3. The van der Waals surface area contributed by atoms with Crippen molar-refractivity contribution < 1.29 is 19.5 Å². The van der Waals surface area contributed by atoms with Gasteiger partial charge in [-0.3, -0.25) is 14.4 Å². The number of carboxylic acid groups (broad SMARTS) is 1. The molecule has 2 aliphatic rings. The molecule has 1 heterocycles. The molecule has 2 amide bonds. The minimum absolute atomic E-state index is 0.136. The third-order valence-electron chi connectivity index (χ3n) is 3.56. The molecule has 2 fully saturated rings. The summed E-state index contributed by atoms with van der Waals surface area (Å²) in [6.07, 6.45) is 1.89. The molecule has 1 aliphatic carbocycles. The molecule has 17 heavy (non-hydrogen) atoms. The van der Waals surface area contributed by atoms with E-state index in [0.717, 1.165) is 6.42 Å². The summed E-state index contributed by atoms with van der Waals surface area (Å²) < 4.78 is 0. The smallest absolute Gasteiger partial charge is 0.307 e. The van der Waals surface area contributed by atoms with Gasteiger partial charge in [0.05, 0.1) is 17.8 Å². The van der Waals surface area contributed by atoms with Crippen molar-refractivity contribution in [2.24, 2.45) is 23.5 Å². The van der Waals surface area contributed by atoms with E-state index in [1.807, 2.05) is 0 Å². The van der Waals surface area contributed by atoms with E-state index >= 15 is 0 Å². The number of aliphatic carboxylic acids is 1. The summed E-state index contributed by atoms with van der Waals surface area (Å²) in [6.45, 7) is 0.947. The highest BCUT2D eigenvalue weighted by molar-refractivity contribution is 5.90. The van der Waals surface area contributed by atoms with Crippen molar-refractivity contribution in [1.29, 1.82) is 0 Å². The van der Waals surface area contributed by atoms with Crippen molar-refractivity contribution in [2.75, 3.05) is 13.1 Å². The lowest BCUT2D eigenvalue weighted by Crippen LogP contribution is -2.45. The highest BCUT2D eigenvalue weighted by Gasteiger charge is 2.50. The molecule has 3 N–H and O–H groups in total. The van der Waals surface area contributed by atoms with E-state index < -0.39 is 11.9 Å². The van der Waals surface area contributed by atoms with Gasteiger partial charge < -0.3 is 15.7 Å². The number of likely N-dealkylation sites (tertiary alicyclic amines) is 1. The van der Waals surface area contributed by atoms with E-state index in [0.29, 0.717) is 25.9 Å². The standard InChI is InChI=1S/C11H16N2O4/c12-9(14)6-2-1-3-13(5-6)10(15)7-4-8(7)11(16)17/h6-8H,1-5H2,(H2,12,14)(H,16,17)/t6?,7-,8+/m1/s1. The van der Waals surface area contributed by atoms with Gasteiger partial charge in [0.15, 0.2) is 0 Å². The van der Waals surface area contributed by atoms with Crippen molar-refractivity contribution in [2.45, 2.75) is 19.3 Å². The van der Waals surface area contributed by atoms with Gasteiger partial charge in [0.25, 0.3) is 0 Å². The Balaban J connectivity index is 1.92. The quantitative estimate of drug-likeness (QED) is 0.689. The van der Waals surface area contributed by atoms with E-state index in [1.165, 1.54) is 0 Å². The van der Waals surface area contributed by atoms with Crippen LogP contribution < -0.4 is 5.73 Å². The molecule has 6 nitrogen and oxygen atoms in total. The Hall–Kier alpha value is -1.59. The zero-order valence-electron chi connectivity index (χ0n) is 9.46. The van der Waals surface area contributed by atoms with Gasteiger partial charge in [-0.1, -0.05) is 0 Å². The third-order valence-corrected chi connectivity index (χ3v) is 3.56. The molecular formula is C11H16N2O4. The second kappa shape index (κ2) is 4.35. The molecule has 6 heteroatoms. The first-order chi connectivity index (χ1) is 8.00. The number of carboxylic acids is 1. The zero-order chi connectivity index (χ0) is 12.6. The summed E-state index contributed by atoms with van der Waals surface area (Å²) in [5.74, 6) is -2.63. The molecule has 0 aromatic carbocycles. The highest BCUT2D eigenvalue weighted by atomic mass is 16.4. The molecule has 1 aliphatic heterocycles. The Bertz CT molecular complexity index is 368. The fourth-order valence-corrected chi connectivity index (χ4v) is 2.38. The van der Waals surface area contributed by atoms with Crippen molar-refractivity contribution in [3.05, 3.63) is 0 Å². The molecule has 1 saturated carbocycles. The molecule has 1 unspecified atom stereocenters. The lowest BCUT2D eigenvalue weighted by molar-refractivity contribution is -0.143. The zero-order valence-corrected chi connectivity index (χ0v) is 9.46. The number of rotatable bonds is 3. The van der Waals surface area contributed by atoms with Crippen LogP contribution >= 0.6 is 0 Å². The summed E-state index contributed by atoms with van der Waals surface area (Å²) in [4.78, 5) is 35.3. The number of carbonyl (C=O) groups excluding carboxylic acids is 2. The van der Waals surface area contributed by atoms with E-state index in [1.54, 1.807) is 4.90 Å². The van der Waals surface area contributed by atoms with Gasteiger partial charge in [-0.25, -0.2) is 0 Å². The second-order valence-electron chi connectivity index (χ2n) is 4.81. The average Bonchev–Trinajstić information content (AvgIpc) is 3.08. The molecule has 2 rings (SSSR count). The molecule has 1 saturated heterocycles. The van der Waals surface area contributed by atoms with Gasteiger partial charge in [0.2, 0.25) is 11.8 Å². The van der Waals surface area contributed by atoms with Crippen LogP contribution in [0.4, 0.5) is 0 Å². The van der Waals surface area contributed by atoms with Gasteiger partial charge in [-0.15, -0.1) is 0 Å². The van der Waals surface area contributed by atoms with Crippen molar-refractivity contribution in [3.63, 3.8) is 0 Å². The van der Waals surface area contributed by atoms with Crippen LogP contribution in [-0.4, -0.2) is 40.9 Å². The number of primary amides is 1. The Morgan fingerprint density at radius 2 is 1.94 bits per heavy atom. The molecule has 0 spiro atoms. The monoisotopic (exact) mass is 240 g/mol. The molecule has 0 aromatic rings. The van der Waals surface area contributed by atoms with Gasteiger partial charge in [0.1, 0.15) is 0 Å². The van der Waals surface area contributed by atoms with Gasteiger partial charge in [-0.05, 0) is 19.3 Å². The minimum Gasteiger partial charge on any atom is -0.481 e. The summed E-state index contributed by atoms with van der Waals surface area (Å²) in [6, 6.07) is 0. The number of hydrogen-bond acceptors (Lipinski definition) is 3. The van der Waals surface area contributed by atoms with Crippen LogP contribution in [0.25, 0.3) is 0 Å². The fourth-order valence-electron chi connectivity index (χ4n) is 2.38. The largest absolute Gasteiger partial charge is 0.481 e. The molecule has 0 radical (unpaired) electrons. The average molecular weight is 240 g/mol. The number of nitrogens with zero attached hydrogens (tertiary/aromatic N) is 1. The van der Waals surface area contributed by atoms with Crippen LogP contribution in [0, 0.1) is 17.8 Å². The summed E-state index contributed by atoms with van der Waals surface area (Å²) in [5.41, 5.74) is 5.23. The van der Waals surface area contributed by atoms with Crippen molar-refractivity contribution in [1.82, 2.24) is 4.90 Å². The Morgan fingerprint density at radius 3 is 2.47 bits per heavy atom. The first-order valence-corrected chi connectivity index (χ1v) is 5.81. The second-order valence-corrected chi connectivity index (χ2v) is 4.81. The van der Waals surface area contributed by atoms with Crippen LogP contribution in [0.3, 0.4) is 0 Å². The first-order valence-electron chi connectivity index (χ1n) is 5.81. The van der Waals surface area contributed by atoms with Crippen molar-refractivity contribution >= 4 is 17.8 Å². The Morgan fingerprint density at radius 1 is 1.24 bits per heavy atom. The van der Waals surface area contributed by atoms with Gasteiger partial charge in [-0.2, -0.15) is 0 Å². The number of hydrogen-bond donors (Lipinski definition) is 2. The molecule has 3 atom stereocenters. The van der Waals surface area contributed by atoms with Crippen LogP contribution in [-0.2, 0) is 14.4 Å². The summed E-state index contributed by atoms with van der Waals surface area (Å²) in [7, 11) is 0. The predicted octanol–water partition coefficient (Wildman–Crippen LogP) is -0.569. The lowest BCUT2D eigenvalue weighted by atomic mass is 9.97. The molecule has 0 bridgehead atoms. The van der Waals surface area contributed by atoms with Crippen LogP contribution in [0.2, 0.25) is 0 Å². The van der Waals surface area contributed by atoms with Crippen molar-refractivity contribution in [3.8, 4) is 0 Å². The van der Waals surface area contributed by atoms with E-state index in [2.05, 4.69) is 0 Å². The lowest BCUT2D eigenvalue weighted by Gasteiger charge is -2.31.